The predicted octanol–water partition coefficient (Wildman–Crippen LogP) is 3.69. The molecule has 1 aliphatic rings. The Balaban J connectivity index is 3.13. The molecule has 1 fully saturated rings. The maximum atomic E-state index is 13.0. The average molecular weight is 487 g/mol. The number of hydrogen-bond donors (Lipinski definition) is 1. The van der Waals surface area contributed by atoms with Gasteiger partial charge in [-0.05, 0) is 69.2 Å². The minimum Gasteiger partial charge on any atom is -0.444 e. The summed E-state index contributed by atoms with van der Waals surface area (Å²) in [6, 6.07) is -0.335. The van der Waals surface area contributed by atoms with Crippen LogP contribution in [0, 0.1) is 0 Å². The molecule has 1 aliphatic heterocycles. The van der Waals surface area contributed by atoms with Gasteiger partial charge in [0.05, 0.1) is 6.04 Å². The summed E-state index contributed by atoms with van der Waals surface area (Å²) < 4.78 is 16.8. The van der Waals surface area contributed by atoms with Crippen molar-refractivity contribution in [1.29, 1.82) is 0 Å². The van der Waals surface area contributed by atoms with Crippen molar-refractivity contribution < 1.29 is 28.6 Å². The van der Waals surface area contributed by atoms with E-state index in [0.717, 1.165) is 0 Å². The average Bonchev–Trinajstić information content (AvgIpc) is 2.59. The minimum atomic E-state index is -0.677. The van der Waals surface area contributed by atoms with E-state index < -0.39 is 35.1 Å². The number of amides is 3. The number of ether oxygens (including phenoxy) is 3. The molecule has 0 aromatic heterocycles. The van der Waals surface area contributed by atoms with Gasteiger partial charge < -0.3 is 34.2 Å². The molecule has 1 rings (SSSR count). The first-order chi connectivity index (χ1) is 15.4. The van der Waals surface area contributed by atoms with Crippen molar-refractivity contribution in [3.63, 3.8) is 0 Å². The number of rotatable bonds is 0. The van der Waals surface area contributed by atoms with Crippen molar-refractivity contribution in [2.75, 3.05) is 45.8 Å². The smallest absolute Gasteiger partial charge is 0.410 e. The van der Waals surface area contributed by atoms with Crippen LogP contribution in [-0.4, -0.2) is 102 Å². The van der Waals surface area contributed by atoms with E-state index in [1.165, 1.54) is 0 Å². The fourth-order valence-corrected chi connectivity index (χ4v) is 3.21. The number of hydrogen-bond acceptors (Lipinski definition) is 7. The third kappa shape index (κ3) is 11.8. The van der Waals surface area contributed by atoms with Crippen molar-refractivity contribution >= 4 is 18.3 Å². The van der Waals surface area contributed by atoms with Gasteiger partial charge in [0.25, 0.3) is 0 Å². The van der Waals surface area contributed by atoms with Gasteiger partial charge in [-0.2, -0.15) is 0 Å². The molecule has 0 aliphatic carbocycles. The Morgan fingerprint density at radius 2 is 1.06 bits per heavy atom. The molecule has 0 radical (unpaired) electrons. The zero-order valence-corrected chi connectivity index (χ0v) is 22.8. The molecule has 1 saturated heterocycles. The summed E-state index contributed by atoms with van der Waals surface area (Å²) in [4.78, 5) is 43.4. The van der Waals surface area contributed by atoms with E-state index in [4.69, 9.17) is 14.2 Å². The lowest BCUT2D eigenvalue weighted by molar-refractivity contribution is 0.000617. The highest BCUT2D eigenvalue weighted by Crippen LogP contribution is 2.16. The first kappa shape index (κ1) is 29.8. The second-order valence-corrected chi connectivity index (χ2v) is 11.7. The highest BCUT2D eigenvalue weighted by Gasteiger charge is 2.31. The fourth-order valence-electron chi connectivity index (χ4n) is 3.21. The summed E-state index contributed by atoms with van der Waals surface area (Å²) >= 11 is 0. The van der Waals surface area contributed by atoms with Crippen molar-refractivity contribution in [3.05, 3.63) is 0 Å². The monoisotopic (exact) mass is 486 g/mol. The van der Waals surface area contributed by atoms with Crippen LogP contribution >= 0.6 is 0 Å². The Morgan fingerprint density at radius 3 is 1.56 bits per heavy atom. The summed E-state index contributed by atoms with van der Waals surface area (Å²) in [6.45, 7) is 20.8. The molecule has 0 aromatic rings. The molecule has 0 spiro atoms. The van der Waals surface area contributed by atoms with Crippen molar-refractivity contribution in [1.82, 2.24) is 20.0 Å². The maximum absolute atomic E-state index is 13.0. The lowest BCUT2D eigenvalue weighted by atomic mass is 10.2. The van der Waals surface area contributed by atoms with Gasteiger partial charge in [0, 0.05) is 45.8 Å². The third-order valence-corrected chi connectivity index (χ3v) is 4.68. The summed E-state index contributed by atoms with van der Waals surface area (Å²) in [6.07, 6.45) is -1.36. The standard InChI is InChI=1S/C24H46N4O6/c1-18-17-27(20(30)33-23(5,6)7)16-15-26(19(29)32-22(2,3)4)13-11-25-12-14-28(18)21(31)34-24(8,9)10/h18,25H,11-17H2,1-10H3. The Bertz CT molecular complexity index is 693. The maximum Gasteiger partial charge on any atom is 0.410 e. The van der Waals surface area contributed by atoms with Gasteiger partial charge in [0.15, 0.2) is 0 Å². The second kappa shape index (κ2) is 12.0. The van der Waals surface area contributed by atoms with E-state index in [2.05, 4.69) is 5.32 Å². The zero-order valence-electron chi connectivity index (χ0n) is 22.8. The Hall–Kier alpha value is -2.23. The quantitative estimate of drug-likeness (QED) is 0.521. The van der Waals surface area contributed by atoms with Gasteiger partial charge in [0.2, 0.25) is 0 Å². The molecule has 0 saturated carbocycles. The highest BCUT2D eigenvalue weighted by atomic mass is 16.6. The van der Waals surface area contributed by atoms with E-state index in [-0.39, 0.29) is 25.7 Å². The lowest BCUT2D eigenvalue weighted by Crippen LogP contribution is -2.53. The Morgan fingerprint density at radius 1 is 0.647 bits per heavy atom. The van der Waals surface area contributed by atoms with Crippen LogP contribution in [0.2, 0.25) is 0 Å². The number of nitrogens with one attached hydrogen (secondary N) is 1. The molecule has 1 heterocycles. The molecule has 10 nitrogen and oxygen atoms in total. The van der Waals surface area contributed by atoms with Crippen LogP contribution in [-0.2, 0) is 14.2 Å². The first-order valence-corrected chi connectivity index (χ1v) is 12.0. The van der Waals surface area contributed by atoms with Crippen LogP contribution in [0.15, 0.2) is 0 Å². The predicted molar refractivity (Wildman–Crippen MR) is 131 cm³/mol. The number of nitrogens with zero attached hydrogens (tertiary/aromatic N) is 3. The van der Waals surface area contributed by atoms with Crippen LogP contribution in [0.1, 0.15) is 69.2 Å². The highest BCUT2D eigenvalue weighted by molar-refractivity contribution is 5.70. The molecule has 10 heteroatoms. The van der Waals surface area contributed by atoms with Crippen molar-refractivity contribution in [2.45, 2.75) is 92.1 Å². The summed E-state index contributed by atoms with van der Waals surface area (Å²) in [5.74, 6) is 0. The van der Waals surface area contributed by atoms with E-state index in [0.29, 0.717) is 26.2 Å². The summed E-state index contributed by atoms with van der Waals surface area (Å²) in [7, 11) is 0. The summed E-state index contributed by atoms with van der Waals surface area (Å²) in [5.41, 5.74) is -1.93. The molecule has 1 N–H and O–H groups in total. The fraction of sp³-hybridized carbons (Fsp3) is 0.875. The molecule has 1 atom stereocenters. The molecule has 1 unspecified atom stereocenters. The van der Waals surface area contributed by atoms with Gasteiger partial charge >= 0.3 is 18.3 Å². The van der Waals surface area contributed by atoms with Crippen LogP contribution in [0.5, 0.6) is 0 Å². The van der Waals surface area contributed by atoms with Gasteiger partial charge in [0.1, 0.15) is 16.8 Å². The molecule has 3 amide bonds. The van der Waals surface area contributed by atoms with Gasteiger partial charge in [-0.3, -0.25) is 0 Å². The van der Waals surface area contributed by atoms with Gasteiger partial charge in [-0.15, -0.1) is 0 Å². The topological polar surface area (TPSA) is 101 Å². The van der Waals surface area contributed by atoms with E-state index in [9.17, 15) is 14.4 Å². The molecule has 0 bridgehead atoms. The van der Waals surface area contributed by atoms with Crippen molar-refractivity contribution in [2.24, 2.45) is 0 Å². The largest absolute Gasteiger partial charge is 0.444 e. The van der Waals surface area contributed by atoms with Crippen LogP contribution in [0.4, 0.5) is 14.4 Å². The van der Waals surface area contributed by atoms with E-state index in [1.54, 1.807) is 35.5 Å². The summed E-state index contributed by atoms with van der Waals surface area (Å²) in [5, 5.41) is 3.28. The number of carbonyl (C=O) groups is 3. The second-order valence-electron chi connectivity index (χ2n) is 11.7. The molecular weight excluding hydrogens is 440 g/mol. The lowest BCUT2D eigenvalue weighted by Gasteiger charge is -2.37. The van der Waals surface area contributed by atoms with Crippen LogP contribution in [0.3, 0.4) is 0 Å². The SMILES string of the molecule is CC1CN(C(=O)OC(C)(C)C)CCN(C(=O)OC(C)(C)C)CCNCCN1C(=O)OC(C)(C)C. The third-order valence-electron chi connectivity index (χ3n) is 4.68. The normalized spacial score (nSPS) is 19.6. The molecule has 0 aromatic carbocycles. The van der Waals surface area contributed by atoms with Crippen LogP contribution < -0.4 is 5.32 Å². The van der Waals surface area contributed by atoms with Gasteiger partial charge in [-0.1, -0.05) is 0 Å². The first-order valence-electron chi connectivity index (χ1n) is 12.0. The van der Waals surface area contributed by atoms with E-state index in [1.807, 2.05) is 48.5 Å². The molecule has 198 valence electrons. The zero-order chi connectivity index (χ0) is 26.3. The van der Waals surface area contributed by atoms with E-state index >= 15 is 0 Å². The Kier molecular flexibility index (Phi) is 10.5. The molecular formula is C24H46N4O6. The van der Waals surface area contributed by atoms with Crippen LogP contribution in [0.25, 0.3) is 0 Å². The minimum absolute atomic E-state index is 0.232. The van der Waals surface area contributed by atoms with Crippen molar-refractivity contribution in [3.8, 4) is 0 Å². The van der Waals surface area contributed by atoms with Gasteiger partial charge in [-0.25, -0.2) is 14.4 Å². The molecule has 34 heavy (non-hydrogen) atoms. The Labute approximate surface area is 205 Å². The number of carbonyl (C=O) groups excluding carboxylic acids is 3.